The highest BCUT2D eigenvalue weighted by Gasteiger charge is 2.32. The Labute approximate surface area is 173 Å². The highest BCUT2D eigenvalue weighted by Crippen LogP contribution is 2.29. The van der Waals surface area contributed by atoms with Gasteiger partial charge in [0.2, 0.25) is 0 Å². The van der Waals surface area contributed by atoms with Crippen molar-refractivity contribution in [2.75, 3.05) is 5.32 Å². The van der Waals surface area contributed by atoms with E-state index in [4.69, 9.17) is 4.74 Å². The van der Waals surface area contributed by atoms with Gasteiger partial charge >= 0.3 is 6.18 Å². The Bertz CT molecular complexity index is 1180. The van der Waals surface area contributed by atoms with Crippen molar-refractivity contribution in [2.45, 2.75) is 12.7 Å². The van der Waals surface area contributed by atoms with E-state index < -0.39 is 17.8 Å². The first-order chi connectivity index (χ1) is 14.9. The molecule has 0 fully saturated rings. The average Bonchev–Trinajstić information content (AvgIpc) is 3.23. The van der Waals surface area contributed by atoms with Crippen LogP contribution >= 0.6 is 0 Å². The number of rotatable bonds is 6. The summed E-state index contributed by atoms with van der Waals surface area (Å²) < 4.78 is 58.8. The van der Waals surface area contributed by atoms with Gasteiger partial charge in [0, 0.05) is 18.1 Å². The number of hydrogen-bond donors (Lipinski definition) is 1. The third-order valence-corrected chi connectivity index (χ3v) is 4.12. The minimum Gasteiger partial charge on any atom is -0.453 e. The number of benzene rings is 1. The third kappa shape index (κ3) is 4.94. The molecular formula is C20H14F4N6O. The van der Waals surface area contributed by atoms with Gasteiger partial charge in [-0.2, -0.15) is 17.6 Å². The van der Waals surface area contributed by atoms with Crippen LogP contribution in [0.25, 0.3) is 5.69 Å². The van der Waals surface area contributed by atoms with Gasteiger partial charge in [-0.3, -0.25) is 4.98 Å². The lowest BCUT2D eigenvalue weighted by molar-refractivity contribution is -0.141. The molecule has 4 rings (SSSR count). The Morgan fingerprint density at radius 1 is 1.00 bits per heavy atom. The lowest BCUT2D eigenvalue weighted by Gasteiger charge is -2.08. The second-order valence-electron chi connectivity index (χ2n) is 6.32. The molecule has 4 aromatic rings. The van der Waals surface area contributed by atoms with E-state index in [1.54, 1.807) is 36.5 Å². The molecule has 0 atom stereocenters. The summed E-state index contributed by atoms with van der Waals surface area (Å²) in [6, 6.07) is 12.1. The van der Waals surface area contributed by atoms with E-state index in [9.17, 15) is 17.6 Å². The van der Waals surface area contributed by atoms with Crippen LogP contribution in [0, 0.1) is 5.95 Å². The van der Waals surface area contributed by atoms with E-state index in [0.29, 0.717) is 17.1 Å². The average molecular weight is 430 g/mol. The number of pyridine rings is 2. The number of alkyl halides is 3. The van der Waals surface area contributed by atoms with Crippen LogP contribution in [0.1, 0.15) is 11.4 Å². The summed E-state index contributed by atoms with van der Waals surface area (Å²) in [4.78, 5) is 6.84. The summed E-state index contributed by atoms with van der Waals surface area (Å²) in [5.41, 5.74) is 0.472. The molecule has 0 radical (unpaired) electrons. The maximum Gasteiger partial charge on any atom is 0.433 e. The van der Waals surface area contributed by atoms with Crippen LogP contribution in [0.15, 0.2) is 67.1 Å². The van der Waals surface area contributed by atoms with Gasteiger partial charge in [-0.05, 0) is 48.5 Å². The molecule has 0 unspecified atom stereocenters. The molecule has 0 spiro atoms. The van der Waals surface area contributed by atoms with Gasteiger partial charge in [0.25, 0.3) is 5.95 Å². The minimum absolute atomic E-state index is 0.00848. The van der Waals surface area contributed by atoms with Gasteiger partial charge in [-0.1, -0.05) is 5.21 Å². The predicted molar refractivity (Wildman–Crippen MR) is 102 cm³/mol. The molecular weight excluding hydrogens is 416 g/mol. The SMILES string of the molecule is Fc1ncccc1Oc1ccc(-n2cc(CNc3ccnc(C(F)(F)F)c3)nn2)cc1. The van der Waals surface area contributed by atoms with E-state index >= 15 is 0 Å². The summed E-state index contributed by atoms with van der Waals surface area (Å²) in [5.74, 6) is -0.290. The fourth-order valence-corrected chi connectivity index (χ4v) is 2.64. The van der Waals surface area contributed by atoms with E-state index in [-0.39, 0.29) is 18.0 Å². The van der Waals surface area contributed by atoms with Crippen LogP contribution in [-0.2, 0) is 12.7 Å². The van der Waals surface area contributed by atoms with E-state index in [1.807, 2.05) is 0 Å². The number of aromatic nitrogens is 5. The van der Waals surface area contributed by atoms with Crippen molar-refractivity contribution >= 4 is 5.69 Å². The van der Waals surface area contributed by atoms with Crippen molar-refractivity contribution in [3.05, 3.63) is 84.5 Å². The molecule has 31 heavy (non-hydrogen) atoms. The zero-order chi connectivity index (χ0) is 21.8. The number of halogens is 4. The highest BCUT2D eigenvalue weighted by atomic mass is 19.4. The summed E-state index contributed by atoms with van der Waals surface area (Å²) in [6.07, 6.45) is -0.468. The normalized spacial score (nSPS) is 11.4. The standard InChI is InChI=1S/C20H14F4N6O/c21-19-17(2-1-8-26-19)31-16-5-3-15(4-6-16)30-12-14(28-29-30)11-27-13-7-9-25-18(10-13)20(22,23)24/h1-10,12H,11H2,(H,25,27). The molecule has 11 heteroatoms. The third-order valence-electron chi connectivity index (χ3n) is 4.12. The summed E-state index contributed by atoms with van der Waals surface area (Å²) in [5, 5.41) is 10.9. The van der Waals surface area contributed by atoms with Crippen molar-refractivity contribution in [2.24, 2.45) is 0 Å². The zero-order valence-corrected chi connectivity index (χ0v) is 15.7. The van der Waals surface area contributed by atoms with Crippen LogP contribution in [-0.4, -0.2) is 25.0 Å². The van der Waals surface area contributed by atoms with Gasteiger partial charge < -0.3 is 10.1 Å². The monoisotopic (exact) mass is 430 g/mol. The van der Waals surface area contributed by atoms with Crippen molar-refractivity contribution in [3.63, 3.8) is 0 Å². The lowest BCUT2D eigenvalue weighted by Crippen LogP contribution is -2.09. The first kappa shape index (κ1) is 20.3. The quantitative estimate of drug-likeness (QED) is 0.355. The molecule has 1 aromatic carbocycles. The maximum absolute atomic E-state index is 13.6. The first-order valence-electron chi connectivity index (χ1n) is 8.96. The van der Waals surface area contributed by atoms with Crippen LogP contribution in [0.2, 0.25) is 0 Å². The van der Waals surface area contributed by atoms with E-state index in [2.05, 4.69) is 25.6 Å². The van der Waals surface area contributed by atoms with Crippen molar-refractivity contribution in [1.82, 2.24) is 25.0 Å². The number of ether oxygens (including phenoxy) is 1. The van der Waals surface area contributed by atoms with Crippen LogP contribution in [0.5, 0.6) is 11.5 Å². The molecule has 0 saturated heterocycles. The zero-order valence-electron chi connectivity index (χ0n) is 15.7. The lowest BCUT2D eigenvalue weighted by atomic mass is 10.3. The van der Waals surface area contributed by atoms with Crippen molar-refractivity contribution in [1.29, 1.82) is 0 Å². The minimum atomic E-state index is -4.51. The number of hydrogen-bond acceptors (Lipinski definition) is 6. The number of nitrogens with one attached hydrogen (secondary N) is 1. The molecule has 3 heterocycles. The van der Waals surface area contributed by atoms with Crippen molar-refractivity contribution < 1.29 is 22.3 Å². The Balaban J connectivity index is 1.40. The van der Waals surface area contributed by atoms with Crippen LogP contribution < -0.4 is 10.1 Å². The molecule has 3 aromatic heterocycles. The Morgan fingerprint density at radius 2 is 1.81 bits per heavy atom. The van der Waals surface area contributed by atoms with Gasteiger partial charge in [-0.25, -0.2) is 9.67 Å². The van der Waals surface area contributed by atoms with Crippen LogP contribution in [0.4, 0.5) is 23.2 Å². The Morgan fingerprint density at radius 3 is 2.55 bits per heavy atom. The van der Waals surface area contributed by atoms with Gasteiger partial charge in [0.15, 0.2) is 5.75 Å². The largest absolute Gasteiger partial charge is 0.453 e. The highest BCUT2D eigenvalue weighted by molar-refractivity contribution is 5.44. The smallest absolute Gasteiger partial charge is 0.433 e. The molecule has 158 valence electrons. The summed E-state index contributed by atoms with van der Waals surface area (Å²) in [6.45, 7) is 0.169. The van der Waals surface area contributed by atoms with Gasteiger partial charge in [0.05, 0.1) is 18.4 Å². The molecule has 0 aliphatic heterocycles. The first-order valence-corrected chi connectivity index (χ1v) is 8.96. The summed E-state index contributed by atoms with van der Waals surface area (Å²) in [7, 11) is 0. The predicted octanol–water partition coefficient (Wildman–Crippen LogP) is 4.62. The second kappa shape index (κ2) is 8.38. The molecule has 1 N–H and O–H groups in total. The fourth-order valence-electron chi connectivity index (χ4n) is 2.64. The molecule has 0 bridgehead atoms. The fraction of sp³-hybridized carbons (Fsp3) is 0.100. The topological polar surface area (TPSA) is 77.8 Å². The number of nitrogens with zero attached hydrogens (tertiary/aromatic N) is 5. The van der Waals surface area contributed by atoms with Gasteiger partial charge in [0.1, 0.15) is 17.1 Å². The van der Waals surface area contributed by atoms with E-state index in [1.165, 1.54) is 23.0 Å². The molecule has 0 saturated carbocycles. The van der Waals surface area contributed by atoms with E-state index in [0.717, 1.165) is 12.3 Å². The van der Waals surface area contributed by atoms with Crippen molar-refractivity contribution in [3.8, 4) is 17.2 Å². The maximum atomic E-state index is 13.6. The summed E-state index contributed by atoms with van der Waals surface area (Å²) >= 11 is 0. The van der Waals surface area contributed by atoms with Gasteiger partial charge in [-0.15, -0.1) is 5.10 Å². The molecule has 7 nitrogen and oxygen atoms in total. The Hall–Kier alpha value is -4.02. The molecule has 0 aliphatic rings. The second-order valence-corrected chi connectivity index (χ2v) is 6.32. The Kier molecular flexibility index (Phi) is 5.48. The van der Waals surface area contributed by atoms with Crippen LogP contribution in [0.3, 0.4) is 0 Å². The number of anilines is 1. The molecule has 0 aliphatic carbocycles. The molecule has 0 amide bonds.